The van der Waals surface area contributed by atoms with E-state index in [1.807, 2.05) is 6.07 Å². The van der Waals surface area contributed by atoms with Crippen molar-refractivity contribution in [3.63, 3.8) is 0 Å². The van der Waals surface area contributed by atoms with Gasteiger partial charge in [0, 0.05) is 10.7 Å². The van der Waals surface area contributed by atoms with Gasteiger partial charge in [0.2, 0.25) is 0 Å². The Morgan fingerprint density at radius 3 is 2.57 bits per heavy atom. The number of rotatable bonds is 4. The number of hydrazine groups is 1. The molecule has 1 aromatic heterocycles. The molecule has 0 bridgehead atoms. The standard InChI is InChI=1S/C12H10BrN5O2S/c13-10-5-8(6-14)1-3-11(10)18-21(19,20)9-2-4-12(17-15)16-7-9/h1-5,7,18H,15H2,(H,16,17). The Bertz CT molecular complexity index is 799. The highest BCUT2D eigenvalue weighted by Gasteiger charge is 2.16. The van der Waals surface area contributed by atoms with Gasteiger partial charge in [-0.2, -0.15) is 5.26 Å². The average Bonchev–Trinajstić information content (AvgIpc) is 2.49. The van der Waals surface area contributed by atoms with E-state index in [2.05, 4.69) is 31.1 Å². The lowest BCUT2D eigenvalue weighted by Crippen LogP contribution is -2.14. The summed E-state index contributed by atoms with van der Waals surface area (Å²) in [6, 6.07) is 9.33. The van der Waals surface area contributed by atoms with E-state index in [9.17, 15) is 8.42 Å². The highest BCUT2D eigenvalue weighted by Crippen LogP contribution is 2.26. The molecule has 0 aliphatic carbocycles. The SMILES string of the molecule is N#Cc1ccc(NS(=O)(=O)c2ccc(NN)nc2)c(Br)c1. The van der Waals surface area contributed by atoms with Crippen LogP contribution in [0.2, 0.25) is 0 Å². The van der Waals surface area contributed by atoms with Gasteiger partial charge in [0.15, 0.2) is 0 Å². The van der Waals surface area contributed by atoms with Crippen LogP contribution in [-0.2, 0) is 10.0 Å². The molecule has 0 spiro atoms. The molecule has 0 saturated heterocycles. The zero-order chi connectivity index (χ0) is 15.5. The topological polar surface area (TPSA) is 121 Å². The van der Waals surface area contributed by atoms with Crippen LogP contribution in [0.5, 0.6) is 0 Å². The molecule has 2 rings (SSSR count). The van der Waals surface area contributed by atoms with Gasteiger partial charge in [-0.25, -0.2) is 19.2 Å². The van der Waals surface area contributed by atoms with E-state index >= 15 is 0 Å². The van der Waals surface area contributed by atoms with Crippen molar-refractivity contribution in [1.29, 1.82) is 5.26 Å². The number of nitrogens with one attached hydrogen (secondary N) is 2. The number of nitrogen functional groups attached to an aromatic ring is 1. The van der Waals surface area contributed by atoms with Crippen molar-refractivity contribution in [2.45, 2.75) is 4.90 Å². The smallest absolute Gasteiger partial charge is 0.263 e. The first kappa shape index (κ1) is 15.2. The van der Waals surface area contributed by atoms with E-state index in [0.29, 0.717) is 21.5 Å². The molecule has 2 aromatic rings. The van der Waals surface area contributed by atoms with Crippen molar-refractivity contribution < 1.29 is 8.42 Å². The lowest BCUT2D eigenvalue weighted by atomic mass is 10.2. The lowest BCUT2D eigenvalue weighted by Gasteiger charge is -2.10. The molecule has 0 aliphatic heterocycles. The molecule has 0 radical (unpaired) electrons. The van der Waals surface area contributed by atoms with Crippen LogP contribution in [0.15, 0.2) is 45.9 Å². The summed E-state index contributed by atoms with van der Waals surface area (Å²) in [6.07, 6.45) is 1.19. The number of halogens is 1. The monoisotopic (exact) mass is 367 g/mol. The summed E-state index contributed by atoms with van der Waals surface area (Å²) in [5.74, 6) is 5.52. The zero-order valence-electron chi connectivity index (χ0n) is 10.5. The number of nitrogens with zero attached hydrogens (tertiary/aromatic N) is 2. The number of nitrogens with two attached hydrogens (primary N) is 1. The number of benzene rings is 1. The maximum absolute atomic E-state index is 12.2. The molecule has 0 aliphatic rings. The number of sulfonamides is 1. The van der Waals surface area contributed by atoms with Crippen molar-refractivity contribution in [3.8, 4) is 6.07 Å². The summed E-state index contributed by atoms with van der Waals surface area (Å²) in [4.78, 5) is 3.84. The summed E-state index contributed by atoms with van der Waals surface area (Å²) >= 11 is 3.22. The maximum Gasteiger partial charge on any atom is 0.263 e. The Morgan fingerprint density at radius 2 is 2.05 bits per heavy atom. The molecule has 4 N–H and O–H groups in total. The van der Waals surface area contributed by atoms with Crippen LogP contribution in [0.1, 0.15) is 5.56 Å². The summed E-state index contributed by atoms with van der Waals surface area (Å²) in [5, 5.41) is 8.78. The molecular formula is C12H10BrN5O2S. The number of hydrogen-bond acceptors (Lipinski definition) is 6. The number of nitriles is 1. The Labute approximate surface area is 130 Å². The fraction of sp³-hybridized carbons (Fsp3) is 0. The molecule has 21 heavy (non-hydrogen) atoms. The minimum absolute atomic E-state index is 0.00207. The summed E-state index contributed by atoms with van der Waals surface area (Å²) < 4.78 is 27.3. The van der Waals surface area contributed by atoms with Crippen LogP contribution >= 0.6 is 15.9 Å². The highest BCUT2D eigenvalue weighted by molar-refractivity contribution is 9.10. The first-order valence-corrected chi connectivity index (χ1v) is 7.89. The van der Waals surface area contributed by atoms with Crippen LogP contribution in [0.4, 0.5) is 11.5 Å². The van der Waals surface area contributed by atoms with Gasteiger partial charge in [-0.1, -0.05) is 0 Å². The summed E-state index contributed by atoms with van der Waals surface area (Å²) in [7, 11) is -3.77. The Morgan fingerprint density at radius 1 is 1.29 bits per heavy atom. The number of aromatic nitrogens is 1. The van der Waals surface area contributed by atoms with Crippen molar-refractivity contribution in [1.82, 2.24) is 4.98 Å². The first-order valence-electron chi connectivity index (χ1n) is 5.61. The predicted molar refractivity (Wildman–Crippen MR) is 81.7 cm³/mol. The fourth-order valence-electron chi connectivity index (χ4n) is 1.50. The van der Waals surface area contributed by atoms with Crippen LogP contribution in [0, 0.1) is 11.3 Å². The van der Waals surface area contributed by atoms with Gasteiger partial charge in [-0.3, -0.25) is 4.72 Å². The number of pyridine rings is 1. The van der Waals surface area contributed by atoms with Crippen molar-refractivity contribution in [2.75, 3.05) is 10.1 Å². The second-order valence-corrected chi connectivity index (χ2v) is 6.47. The zero-order valence-corrected chi connectivity index (χ0v) is 12.9. The summed E-state index contributed by atoms with van der Waals surface area (Å²) in [6.45, 7) is 0. The third kappa shape index (κ3) is 3.49. The molecule has 0 unspecified atom stereocenters. The van der Waals surface area contributed by atoms with Gasteiger partial charge in [0.25, 0.3) is 10.0 Å². The Kier molecular flexibility index (Phi) is 4.42. The van der Waals surface area contributed by atoms with Gasteiger partial charge in [0.1, 0.15) is 10.7 Å². The van der Waals surface area contributed by atoms with E-state index in [4.69, 9.17) is 11.1 Å². The van der Waals surface area contributed by atoms with Crippen LogP contribution in [0.3, 0.4) is 0 Å². The van der Waals surface area contributed by atoms with Crippen LogP contribution < -0.4 is 16.0 Å². The molecule has 1 heterocycles. The lowest BCUT2D eigenvalue weighted by molar-refractivity contribution is 0.601. The molecule has 108 valence electrons. The van der Waals surface area contributed by atoms with Gasteiger partial charge in [-0.15, -0.1) is 0 Å². The van der Waals surface area contributed by atoms with Gasteiger partial charge < -0.3 is 5.43 Å². The van der Waals surface area contributed by atoms with Crippen molar-refractivity contribution >= 4 is 37.5 Å². The van der Waals surface area contributed by atoms with E-state index in [1.165, 1.54) is 36.5 Å². The second kappa shape index (κ2) is 6.09. The number of anilines is 2. The van der Waals surface area contributed by atoms with E-state index in [0.717, 1.165) is 0 Å². The Hall–Kier alpha value is -2.15. The molecule has 9 heteroatoms. The van der Waals surface area contributed by atoms with Gasteiger partial charge in [-0.05, 0) is 46.3 Å². The predicted octanol–water partition coefficient (Wildman–Crippen LogP) is 1.80. The van der Waals surface area contributed by atoms with E-state index in [-0.39, 0.29) is 4.90 Å². The minimum atomic E-state index is -3.77. The largest absolute Gasteiger partial charge is 0.308 e. The van der Waals surface area contributed by atoms with Crippen molar-refractivity contribution in [2.24, 2.45) is 5.84 Å². The molecule has 0 saturated carbocycles. The average molecular weight is 368 g/mol. The molecule has 7 nitrogen and oxygen atoms in total. The van der Waals surface area contributed by atoms with E-state index < -0.39 is 10.0 Å². The van der Waals surface area contributed by atoms with Gasteiger partial charge >= 0.3 is 0 Å². The normalized spacial score (nSPS) is 10.7. The third-order valence-electron chi connectivity index (χ3n) is 2.54. The Balaban J connectivity index is 2.30. The van der Waals surface area contributed by atoms with Crippen LogP contribution in [0.25, 0.3) is 0 Å². The highest BCUT2D eigenvalue weighted by atomic mass is 79.9. The minimum Gasteiger partial charge on any atom is -0.308 e. The van der Waals surface area contributed by atoms with Crippen molar-refractivity contribution in [3.05, 3.63) is 46.6 Å². The molecule has 0 atom stereocenters. The van der Waals surface area contributed by atoms with E-state index in [1.54, 1.807) is 0 Å². The molecule has 0 fully saturated rings. The molecular weight excluding hydrogens is 358 g/mol. The fourth-order valence-corrected chi connectivity index (χ4v) is 3.13. The third-order valence-corrected chi connectivity index (χ3v) is 4.54. The molecule has 1 aromatic carbocycles. The van der Waals surface area contributed by atoms with Crippen LogP contribution in [-0.4, -0.2) is 13.4 Å². The first-order chi connectivity index (χ1) is 9.96. The maximum atomic E-state index is 12.2. The number of hydrogen-bond donors (Lipinski definition) is 3. The second-order valence-electron chi connectivity index (χ2n) is 3.94. The quantitative estimate of drug-likeness (QED) is 0.559. The molecule has 0 amide bonds. The summed E-state index contributed by atoms with van der Waals surface area (Å²) in [5.41, 5.74) is 3.06. The van der Waals surface area contributed by atoms with Gasteiger partial charge in [0.05, 0.1) is 17.3 Å².